The minimum absolute atomic E-state index is 0.0793. The van der Waals surface area contributed by atoms with Gasteiger partial charge in [0.2, 0.25) is 5.91 Å². The van der Waals surface area contributed by atoms with Gasteiger partial charge in [-0.25, -0.2) is 4.68 Å². The number of aromatic nitrogens is 5. The lowest BCUT2D eigenvalue weighted by molar-refractivity contribution is -0.138. The fraction of sp³-hybridized carbons (Fsp3) is 0.600. The van der Waals surface area contributed by atoms with Gasteiger partial charge >= 0.3 is 0 Å². The fourth-order valence-electron chi connectivity index (χ4n) is 3.45. The fourth-order valence-corrected chi connectivity index (χ4v) is 3.45. The van der Waals surface area contributed by atoms with E-state index in [2.05, 4.69) is 15.4 Å². The largest absolute Gasteiger partial charge is 0.370 e. The summed E-state index contributed by atoms with van der Waals surface area (Å²) in [6.07, 6.45) is 5.69. The molecule has 0 radical (unpaired) electrons. The van der Waals surface area contributed by atoms with Gasteiger partial charge in [0.15, 0.2) is 0 Å². The number of rotatable bonds is 3. The quantitative estimate of drug-likeness (QED) is 0.815. The van der Waals surface area contributed by atoms with Crippen molar-refractivity contribution in [1.29, 1.82) is 0 Å². The third-order valence-corrected chi connectivity index (χ3v) is 4.80. The molecule has 1 fully saturated rings. The summed E-state index contributed by atoms with van der Waals surface area (Å²) in [5.41, 5.74) is 2.06. The molecule has 0 aromatic carbocycles. The maximum absolute atomic E-state index is 12.5. The van der Waals surface area contributed by atoms with Crippen LogP contribution in [0.4, 0.5) is 0 Å². The van der Waals surface area contributed by atoms with Crippen LogP contribution in [0, 0.1) is 0 Å². The second-order valence-corrected chi connectivity index (χ2v) is 6.16. The molecule has 4 rings (SSSR count). The van der Waals surface area contributed by atoms with E-state index in [-0.39, 0.29) is 18.1 Å². The molecule has 122 valence electrons. The van der Waals surface area contributed by atoms with Gasteiger partial charge in [-0.05, 0) is 18.9 Å². The van der Waals surface area contributed by atoms with E-state index < -0.39 is 0 Å². The van der Waals surface area contributed by atoms with Gasteiger partial charge in [-0.1, -0.05) is 5.21 Å². The monoisotopic (exact) mass is 316 g/mol. The van der Waals surface area contributed by atoms with Crippen molar-refractivity contribution in [3.63, 3.8) is 0 Å². The Morgan fingerprint density at radius 3 is 3.22 bits per heavy atom. The van der Waals surface area contributed by atoms with Gasteiger partial charge < -0.3 is 9.64 Å². The Hall–Kier alpha value is -2.22. The van der Waals surface area contributed by atoms with Crippen LogP contribution in [0.15, 0.2) is 18.5 Å². The highest BCUT2D eigenvalue weighted by Crippen LogP contribution is 2.30. The standard InChI is InChI=1S/C15H20N6O2/c1-19-11(4-6-17-19)2-3-15(22)20-7-5-14-13(9-20)21-12(10-23-14)8-16-18-21/h4,6,8,13-14H,2-3,5,7,9-10H2,1H3/t13-,14-/m1/s1. The number of nitrogens with zero attached hydrogens (tertiary/aromatic N) is 6. The highest BCUT2D eigenvalue weighted by Gasteiger charge is 2.37. The normalized spacial score (nSPS) is 23.4. The second-order valence-electron chi connectivity index (χ2n) is 6.16. The highest BCUT2D eigenvalue weighted by molar-refractivity contribution is 5.76. The van der Waals surface area contributed by atoms with Crippen LogP contribution >= 0.6 is 0 Å². The number of hydrogen-bond donors (Lipinski definition) is 0. The van der Waals surface area contributed by atoms with E-state index >= 15 is 0 Å². The van der Waals surface area contributed by atoms with Crippen LogP contribution in [0.1, 0.15) is 30.3 Å². The predicted octanol–water partition coefficient (Wildman–Crippen LogP) is 0.317. The second kappa shape index (κ2) is 5.77. The first-order chi connectivity index (χ1) is 11.2. The van der Waals surface area contributed by atoms with Crippen LogP contribution in [0.5, 0.6) is 0 Å². The van der Waals surface area contributed by atoms with Gasteiger partial charge in [-0.2, -0.15) is 5.10 Å². The summed E-state index contributed by atoms with van der Waals surface area (Å²) in [4.78, 5) is 14.5. The molecule has 2 aromatic rings. The molecule has 0 bridgehead atoms. The van der Waals surface area contributed by atoms with Crippen LogP contribution in [0.2, 0.25) is 0 Å². The zero-order valence-corrected chi connectivity index (χ0v) is 13.1. The molecule has 23 heavy (non-hydrogen) atoms. The zero-order chi connectivity index (χ0) is 15.8. The molecule has 0 aliphatic carbocycles. The predicted molar refractivity (Wildman–Crippen MR) is 80.4 cm³/mol. The summed E-state index contributed by atoms with van der Waals surface area (Å²) < 4.78 is 9.62. The van der Waals surface area contributed by atoms with Gasteiger partial charge in [0.25, 0.3) is 0 Å². The van der Waals surface area contributed by atoms with Crippen molar-refractivity contribution in [2.45, 2.75) is 38.0 Å². The molecule has 4 heterocycles. The third-order valence-electron chi connectivity index (χ3n) is 4.80. The van der Waals surface area contributed by atoms with Crippen molar-refractivity contribution in [3.8, 4) is 0 Å². The number of carbonyl (C=O) groups is 1. The summed E-state index contributed by atoms with van der Waals surface area (Å²) in [7, 11) is 1.90. The average Bonchev–Trinajstić information content (AvgIpc) is 3.20. The molecule has 1 amide bonds. The molecule has 0 N–H and O–H groups in total. The van der Waals surface area contributed by atoms with Gasteiger partial charge in [0.05, 0.1) is 30.6 Å². The first-order valence-electron chi connectivity index (χ1n) is 7.97. The van der Waals surface area contributed by atoms with Crippen LogP contribution in [-0.2, 0) is 29.6 Å². The molecular formula is C15H20N6O2. The summed E-state index contributed by atoms with van der Waals surface area (Å²) in [5.74, 6) is 0.178. The van der Waals surface area contributed by atoms with Crippen molar-refractivity contribution in [2.24, 2.45) is 7.05 Å². The van der Waals surface area contributed by atoms with E-state index in [1.54, 1.807) is 12.4 Å². The summed E-state index contributed by atoms with van der Waals surface area (Å²) in [6.45, 7) is 1.95. The van der Waals surface area contributed by atoms with E-state index in [0.29, 0.717) is 26.0 Å². The van der Waals surface area contributed by atoms with Crippen LogP contribution in [0.25, 0.3) is 0 Å². The average molecular weight is 316 g/mol. The minimum atomic E-state index is 0.0793. The van der Waals surface area contributed by atoms with E-state index in [0.717, 1.165) is 24.4 Å². The van der Waals surface area contributed by atoms with Crippen molar-refractivity contribution in [2.75, 3.05) is 13.1 Å². The maximum Gasteiger partial charge on any atom is 0.223 e. The van der Waals surface area contributed by atoms with E-state index in [1.165, 1.54) is 0 Å². The van der Waals surface area contributed by atoms with E-state index in [9.17, 15) is 4.79 Å². The minimum Gasteiger partial charge on any atom is -0.370 e. The highest BCUT2D eigenvalue weighted by atomic mass is 16.5. The van der Waals surface area contributed by atoms with Gasteiger partial charge in [0.1, 0.15) is 0 Å². The molecule has 2 aliphatic rings. The maximum atomic E-state index is 12.5. The summed E-state index contributed by atoms with van der Waals surface area (Å²) >= 11 is 0. The van der Waals surface area contributed by atoms with Gasteiger partial charge in [0, 0.05) is 38.4 Å². The Morgan fingerprint density at radius 1 is 1.48 bits per heavy atom. The van der Waals surface area contributed by atoms with Gasteiger partial charge in [-0.3, -0.25) is 9.48 Å². The Balaban J connectivity index is 1.41. The molecule has 0 spiro atoms. The number of carbonyl (C=O) groups excluding carboxylic acids is 1. The Bertz CT molecular complexity index is 708. The molecule has 0 unspecified atom stereocenters. The van der Waals surface area contributed by atoms with Crippen LogP contribution in [0.3, 0.4) is 0 Å². The Kier molecular flexibility index (Phi) is 3.60. The van der Waals surface area contributed by atoms with Crippen molar-refractivity contribution in [1.82, 2.24) is 29.7 Å². The Morgan fingerprint density at radius 2 is 2.39 bits per heavy atom. The summed E-state index contributed by atoms with van der Waals surface area (Å²) in [5, 5.41) is 12.3. The molecule has 2 aliphatic heterocycles. The molecule has 8 nitrogen and oxygen atoms in total. The number of piperidine rings is 1. The number of likely N-dealkylation sites (tertiary alicyclic amines) is 1. The van der Waals surface area contributed by atoms with Crippen molar-refractivity contribution < 1.29 is 9.53 Å². The van der Waals surface area contributed by atoms with Crippen molar-refractivity contribution in [3.05, 3.63) is 29.8 Å². The smallest absolute Gasteiger partial charge is 0.223 e. The van der Waals surface area contributed by atoms with Crippen LogP contribution in [-0.4, -0.2) is 54.8 Å². The topological polar surface area (TPSA) is 78.1 Å². The molecule has 2 atom stereocenters. The SMILES string of the molecule is Cn1nccc1CCC(=O)N1CC[C@H]2OCc3cnnn3[C@@H]2C1. The number of ether oxygens (including phenoxy) is 1. The van der Waals surface area contributed by atoms with Gasteiger partial charge in [-0.15, -0.1) is 5.10 Å². The zero-order valence-electron chi connectivity index (χ0n) is 13.1. The number of amides is 1. The number of aryl methyl sites for hydroxylation is 2. The summed E-state index contributed by atoms with van der Waals surface area (Å²) in [6, 6.07) is 2.03. The van der Waals surface area contributed by atoms with E-state index in [4.69, 9.17) is 4.74 Å². The third kappa shape index (κ3) is 2.63. The molecule has 8 heteroatoms. The lowest BCUT2D eigenvalue weighted by atomic mass is 10.00. The van der Waals surface area contributed by atoms with Crippen molar-refractivity contribution >= 4 is 5.91 Å². The number of hydrogen-bond acceptors (Lipinski definition) is 5. The number of fused-ring (bicyclic) bond motifs is 3. The lowest BCUT2D eigenvalue weighted by Gasteiger charge is -2.41. The molecule has 0 saturated carbocycles. The lowest BCUT2D eigenvalue weighted by Crippen LogP contribution is -2.50. The first kappa shape index (κ1) is 14.4. The molecule has 1 saturated heterocycles. The Labute approximate surface area is 134 Å². The molecular weight excluding hydrogens is 296 g/mol. The van der Waals surface area contributed by atoms with E-state index in [1.807, 2.05) is 27.4 Å². The van der Waals surface area contributed by atoms with Crippen LogP contribution < -0.4 is 0 Å². The first-order valence-corrected chi connectivity index (χ1v) is 7.97. The molecule has 2 aromatic heterocycles.